The van der Waals surface area contributed by atoms with Gasteiger partial charge < -0.3 is 21.1 Å². The first-order valence-electron chi connectivity index (χ1n) is 8.50. The van der Waals surface area contributed by atoms with Crippen molar-refractivity contribution < 1.29 is 14.3 Å². The highest BCUT2D eigenvalue weighted by molar-refractivity contribution is 14.0. The van der Waals surface area contributed by atoms with Crippen molar-refractivity contribution >= 4 is 59.2 Å². The number of hydrogen-bond donors (Lipinski definition) is 3. The summed E-state index contributed by atoms with van der Waals surface area (Å²) in [6.45, 7) is 0.413. The molecule has 0 unspecified atom stereocenters. The van der Waals surface area contributed by atoms with Crippen LogP contribution in [0.15, 0.2) is 23.2 Å². The number of rotatable bonds is 5. The molecule has 148 valence electrons. The van der Waals surface area contributed by atoms with E-state index in [1.165, 1.54) is 12.0 Å². The van der Waals surface area contributed by atoms with Gasteiger partial charge in [-0.25, -0.2) is 4.79 Å². The number of nitrogens with two attached hydrogens (primary N) is 1. The van der Waals surface area contributed by atoms with Gasteiger partial charge in [0.1, 0.15) is 11.3 Å². The van der Waals surface area contributed by atoms with Crippen LogP contribution in [0, 0.1) is 0 Å². The minimum absolute atomic E-state index is 0. The number of carbonyl (C=O) groups is 2. The van der Waals surface area contributed by atoms with Crippen LogP contribution in [0.1, 0.15) is 25.7 Å². The Bertz CT molecular complexity index is 752. The van der Waals surface area contributed by atoms with Crippen molar-refractivity contribution in [3.63, 3.8) is 0 Å². The SMILES string of the molecule is COc1ccc(NC(N)=NCCN2C(=O)NC3(CCCC3)C2=O)cc1Cl.I. The first-order valence-corrected chi connectivity index (χ1v) is 8.87. The summed E-state index contributed by atoms with van der Waals surface area (Å²) in [5.74, 6) is 0.588. The number of methoxy groups -OCH3 is 1. The smallest absolute Gasteiger partial charge is 0.325 e. The first kappa shape index (κ1) is 21.5. The summed E-state index contributed by atoms with van der Waals surface area (Å²) in [7, 11) is 1.54. The average Bonchev–Trinajstić information content (AvgIpc) is 3.15. The molecule has 1 aliphatic heterocycles. The Hall–Kier alpha value is -1.75. The van der Waals surface area contributed by atoms with Gasteiger partial charge in [-0.2, -0.15) is 0 Å². The highest BCUT2D eigenvalue weighted by atomic mass is 127. The Kier molecular flexibility index (Phi) is 7.15. The summed E-state index contributed by atoms with van der Waals surface area (Å²) in [6, 6.07) is 4.80. The molecule has 0 radical (unpaired) electrons. The third-order valence-corrected chi connectivity index (χ3v) is 5.03. The topological polar surface area (TPSA) is 109 Å². The monoisotopic (exact) mass is 507 g/mol. The zero-order valence-electron chi connectivity index (χ0n) is 15.0. The summed E-state index contributed by atoms with van der Waals surface area (Å²) >= 11 is 6.06. The zero-order chi connectivity index (χ0) is 18.7. The lowest BCUT2D eigenvalue weighted by Crippen LogP contribution is -2.44. The molecule has 4 N–H and O–H groups in total. The lowest BCUT2D eigenvalue weighted by molar-refractivity contribution is -0.131. The van der Waals surface area contributed by atoms with E-state index in [9.17, 15) is 9.59 Å². The lowest BCUT2D eigenvalue weighted by atomic mass is 9.98. The molecule has 3 rings (SSSR count). The van der Waals surface area contributed by atoms with Gasteiger partial charge in [0.25, 0.3) is 5.91 Å². The lowest BCUT2D eigenvalue weighted by Gasteiger charge is -2.19. The number of hydrogen-bond acceptors (Lipinski definition) is 4. The van der Waals surface area contributed by atoms with Crippen LogP contribution in [0.4, 0.5) is 10.5 Å². The van der Waals surface area contributed by atoms with Crippen LogP contribution in [-0.2, 0) is 4.79 Å². The van der Waals surface area contributed by atoms with Gasteiger partial charge in [0, 0.05) is 5.69 Å². The van der Waals surface area contributed by atoms with Gasteiger partial charge in [0.15, 0.2) is 5.96 Å². The van der Waals surface area contributed by atoms with Gasteiger partial charge in [-0.1, -0.05) is 24.4 Å². The van der Waals surface area contributed by atoms with Crippen molar-refractivity contribution in [3.8, 4) is 5.75 Å². The number of ether oxygens (including phenoxy) is 1. The van der Waals surface area contributed by atoms with E-state index in [-0.39, 0.29) is 55.0 Å². The number of carbonyl (C=O) groups excluding carboxylic acids is 2. The molecule has 0 aromatic heterocycles. The Balaban J connectivity index is 0.00000261. The van der Waals surface area contributed by atoms with E-state index in [4.69, 9.17) is 22.1 Å². The van der Waals surface area contributed by atoms with E-state index in [2.05, 4.69) is 15.6 Å². The second-order valence-corrected chi connectivity index (χ2v) is 6.82. The fraction of sp³-hybridized carbons (Fsp3) is 0.471. The largest absolute Gasteiger partial charge is 0.495 e. The van der Waals surface area contributed by atoms with Crippen LogP contribution in [0.25, 0.3) is 0 Å². The summed E-state index contributed by atoms with van der Waals surface area (Å²) in [4.78, 5) is 30.0. The highest BCUT2D eigenvalue weighted by Crippen LogP contribution is 2.34. The number of guanidine groups is 1. The fourth-order valence-corrected chi connectivity index (χ4v) is 3.66. The molecule has 3 amide bonds. The number of benzene rings is 1. The molecule has 1 spiro atoms. The molecule has 0 bridgehead atoms. The molecule has 1 aromatic rings. The molecule has 1 aliphatic carbocycles. The van der Waals surface area contributed by atoms with Crippen LogP contribution in [-0.4, -0.2) is 48.5 Å². The van der Waals surface area contributed by atoms with Gasteiger partial charge in [0.2, 0.25) is 0 Å². The average molecular weight is 508 g/mol. The molecular formula is C17H23ClIN5O3. The molecule has 10 heteroatoms. The van der Waals surface area contributed by atoms with Crippen LogP contribution in [0.5, 0.6) is 5.75 Å². The van der Waals surface area contributed by atoms with Gasteiger partial charge in [-0.3, -0.25) is 14.7 Å². The molecule has 8 nitrogen and oxygen atoms in total. The normalized spacial score (nSPS) is 18.4. The van der Waals surface area contributed by atoms with E-state index in [0.717, 1.165) is 12.8 Å². The van der Waals surface area contributed by atoms with Gasteiger partial charge in [-0.05, 0) is 31.0 Å². The Morgan fingerprint density at radius 1 is 1.41 bits per heavy atom. The zero-order valence-corrected chi connectivity index (χ0v) is 18.0. The van der Waals surface area contributed by atoms with Crippen molar-refractivity contribution in [2.24, 2.45) is 10.7 Å². The third-order valence-electron chi connectivity index (χ3n) is 4.73. The van der Waals surface area contributed by atoms with E-state index in [0.29, 0.717) is 29.3 Å². The number of aliphatic imine (C=N–C) groups is 1. The quantitative estimate of drug-likeness (QED) is 0.246. The molecule has 0 atom stereocenters. The standard InChI is InChI=1S/C17H22ClN5O3.HI/c1-26-13-5-4-11(10-12(13)18)21-15(19)20-8-9-23-14(24)17(22-16(23)25)6-2-3-7-17;/h4-5,10H,2-3,6-9H2,1H3,(H,22,25)(H3,19,20,21);1H. The fourth-order valence-electron chi connectivity index (χ4n) is 3.40. The molecule has 1 aromatic carbocycles. The molecule has 1 saturated heterocycles. The predicted octanol–water partition coefficient (Wildman–Crippen LogP) is 2.56. The number of imide groups is 1. The highest BCUT2D eigenvalue weighted by Gasteiger charge is 2.52. The van der Waals surface area contributed by atoms with Crippen LogP contribution in [0.3, 0.4) is 0 Å². The molecule has 27 heavy (non-hydrogen) atoms. The van der Waals surface area contributed by atoms with Gasteiger partial charge in [-0.15, -0.1) is 24.0 Å². The Morgan fingerprint density at radius 2 is 2.11 bits per heavy atom. The summed E-state index contributed by atoms with van der Waals surface area (Å²) in [5.41, 5.74) is 5.83. The maximum Gasteiger partial charge on any atom is 0.325 e. The Labute approximate surface area is 179 Å². The minimum Gasteiger partial charge on any atom is -0.495 e. The third kappa shape index (κ3) is 4.57. The van der Waals surface area contributed by atoms with E-state index in [1.54, 1.807) is 18.2 Å². The van der Waals surface area contributed by atoms with Crippen molar-refractivity contribution in [1.29, 1.82) is 0 Å². The van der Waals surface area contributed by atoms with E-state index >= 15 is 0 Å². The van der Waals surface area contributed by atoms with Crippen molar-refractivity contribution in [2.75, 3.05) is 25.5 Å². The maximum atomic E-state index is 12.5. The summed E-state index contributed by atoms with van der Waals surface area (Å²) < 4.78 is 5.09. The minimum atomic E-state index is -0.690. The van der Waals surface area contributed by atoms with Crippen molar-refractivity contribution in [3.05, 3.63) is 23.2 Å². The molecule has 2 aliphatic rings. The number of halogens is 2. The van der Waals surface area contributed by atoms with Crippen molar-refractivity contribution in [1.82, 2.24) is 10.2 Å². The molecule has 1 heterocycles. The molecule has 2 fully saturated rings. The second-order valence-electron chi connectivity index (χ2n) is 6.42. The van der Waals surface area contributed by atoms with E-state index in [1.807, 2.05) is 0 Å². The number of amides is 3. The predicted molar refractivity (Wildman–Crippen MR) is 115 cm³/mol. The first-order chi connectivity index (χ1) is 12.4. The maximum absolute atomic E-state index is 12.5. The number of nitrogens with one attached hydrogen (secondary N) is 2. The van der Waals surface area contributed by atoms with E-state index < -0.39 is 5.54 Å². The van der Waals surface area contributed by atoms with Gasteiger partial charge in [0.05, 0.1) is 25.2 Å². The number of nitrogens with zero attached hydrogens (tertiary/aromatic N) is 2. The van der Waals surface area contributed by atoms with Crippen LogP contribution in [0.2, 0.25) is 5.02 Å². The van der Waals surface area contributed by atoms with Crippen molar-refractivity contribution in [2.45, 2.75) is 31.2 Å². The number of anilines is 1. The molecule has 1 saturated carbocycles. The second kappa shape index (κ2) is 8.96. The summed E-state index contributed by atoms with van der Waals surface area (Å²) in [5, 5.41) is 6.20. The Morgan fingerprint density at radius 3 is 2.74 bits per heavy atom. The van der Waals surface area contributed by atoms with Crippen LogP contribution >= 0.6 is 35.6 Å². The summed E-state index contributed by atoms with van der Waals surface area (Å²) in [6.07, 6.45) is 3.33. The van der Waals surface area contributed by atoms with Gasteiger partial charge >= 0.3 is 6.03 Å². The number of urea groups is 1. The van der Waals surface area contributed by atoms with Crippen LogP contribution < -0.4 is 21.1 Å². The molecular weight excluding hydrogens is 485 g/mol.